The smallest absolute Gasteiger partial charge is 0.437 e. The number of benzene rings is 1. The lowest BCUT2D eigenvalue weighted by molar-refractivity contribution is -0.146. The average molecular weight is 402 g/mol. The van der Waals surface area contributed by atoms with Gasteiger partial charge in [0, 0.05) is 5.56 Å². The molecule has 0 saturated heterocycles. The predicted octanol–water partition coefficient (Wildman–Crippen LogP) is 2.50. The molecule has 3 aromatic heterocycles. The number of hydrogen-bond donors (Lipinski definition) is 0. The van der Waals surface area contributed by atoms with Crippen molar-refractivity contribution in [3.05, 3.63) is 64.0 Å². The topological polar surface area (TPSA) is 113 Å². The fourth-order valence-electron chi connectivity index (χ4n) is 2.24. The highest BCUT2D eigenvalue weighted by atomic mass is 32.1. The minimum atomic E-state index is -0.839. The Bertz CT molecular complexity index is 1150. The van der Waals surface area contributed by atoms with Gasteiger partial charge in [0.25, 0.3) is 5.89 Å². The van der Waals surface area contributed by atoms with Gasteiger partial charge in [-0.15, -0.1) is 16.4 Å². The molecule has 0 saturated carbocycles. The van der Waals surface area contributed by atoms with E-state index in [0.717, 1.165) is 9.56 Å². The van der Waals surface area contributed by atoms with Crippen LogP contribution in [0.25, 0.3) is 22.2 Å². The Morgan fingerprint density at radius 1 is 1.25 bits per heavy atom. The minimum absolute atomic E-state index is 0.0321. The first kappa shape index (κ1) is 17.8. The van der Waals surface area contributed by atoms with Gasteiger partial charge in [0.15, 0.2) is 6.61 Å². The lowest BCUT2D eigenvalue weighted by atomic mass is 10.2. The molecule has 0 aliphatic carbocycles. The van der Waals surface area contributed by atoms with Crippen molar-refractivity contribution in [1.29, 1.82) is 0 Å². The third-order valence-corrected chi connectivity index (χ3v) is 4.41. The van der Waals surface area contributed by atoms with Crippen molar-refractivity contribution in [2.45, 2.75) is 13.2 Å². The molecule has 0 radical (unpaired) electrons. The van der Waals surface area contributed by atoms with E-state index in [9.17, 15) is 14.0 Å². The van der Waals surface area contributed by atoms with Crippen LogP contribution in [0.2, 0.25) is 0 Å². The molecule has 9 nitrogen and oxygen atoms in total. The molecule has 0 aliphatic rings. The number of halogens is 1. The van der Waals surface area contributed by atoms with E-state index in [2.05, 4.69) is 15.2 Å². The SMILES string of the molecule is O=C(Cn1nc(-c2ccc(F)cc2)oc1=O)OCc1nc(-c2cccs2)no1. The largest absolute Gasteiger partial charge is 0.454 e. The molecule has 0 amide bonds. The third-order valence-electron chi connectivity index (χ3n) is 3.54. The van der Waals surface area contributed by atoms with Crippen LogP contribution in [0.1, 0.15) is 5.89 Å². The number of esters is 1. The number of carbonyl (C=O) groups is 1. The van der Waals surface area contributed by atoms with Gasteiger partial charge in [-0.05, 0) is 35.7 Å². The van der Waals surface area contributed by atoms with Crippen LogP contribution in [0.5, 0.6) is 0 Å². The maximum absolute atomic E-state index is 13.0. The molecule has 4 aromatic rings. The second-order valence-corrected chi connectivity index (χ2v) is 6.44. The summed E-state index contributed by atoms with van der Waals surface area (Å²) in [6.45, 7) is -0.704. The molecule has 0 atom stereocenters. The lowest BCUT2D eigenvalue weighted by Gasteiger charge is -2.00. The Morgan fingerprint density at radius 3 is 2.82 bits per heavy atom. The fourth-order valence-corrected chi connectivity index (χ4v) is 2.89. The molecule has 3 heterocycles. The second-order valence-electron chi connectivity index (χ2n) is 5.49. The van der Waals surface area contributed by atoms with Crippen LogP contribution < -0.4 is 5.76 Å². The van der Waals surface area contributed by atoms with Gasteiger partial charge in [-0.3, -0.25) is 4.79 Å². The average Bonchev–Trinajstić information content (AvgIpc) is 3.42. The van der Waals surface area contributed by atoms with Crippen molar-refractivity contribution < 1.29 is 22.9 Å². The molecule has 28 heavy (non-hydrogen) atoms. The molecular formula is C17H11FN4O5S. The van der Waals surface area contributed by atoms with Crippen molar-refractivity contribution >= 4 is 17.3 Å². The van der Waals surface area contributed by atoms with E-state index in [4.69, 9.17) is 13.7 Å². The van der Waals surface area contributed by atoms with Crippen LogP contribution in [0.15, 0.2) is 55.5 Å². The zero-order valence-electron chi connectivity index (χ0n) is 14.1. The zero-order valence-corrected chi connectivity index (χ0v) is 14.9. The van der Waals surface area contributed by atoms with Crippen molar-refractivity contribution in [2.75, 3.05) is 0 Å². The van der Waals surface area contributed by atoms with E-state index in [0.29, 0.717) is 11.4 Å². The normalized spacial score (nSPS) is 10.9. The molecule has 0 fully saturated rings. The van der Waals surface area contributed by atoms with Crippen LogP contribution in [0.4, 0.5) is 4.39 Å². The minimum Gasteiger partial charge on any atom is -0.454 e. The Labute approximate surface area is 160 Å². The highest BCUT2D eigenvalue weighted by Gasteiger charge is 2.16. The van der Waals surface area contributed by atoms with Gasteiger partial charge < -0.3 is 13.7 Å². The summed E-state index contributed by atoms with van der Waals surface area (Å²) in [5.74, 6) is -1.52. The van der Waals surface area contributed by atoms with E-state index in [1.54, 1.807) is 0 Å². The summed E-state index contributed by atoms with van der Waals surface area (Å²) >= 11 is 1.45. The highest BCUT2D eigenvalue weighted by molar-refractivity contribution is 7.13. The monoisotopic (exact) mass is 402 g/mol. The Hall–Kier alpha value is -3.60. The van der Waals surface area contributed by atoms with Crippen LogP contribution >= 0.6 is 11.3 Å². The van der Waals surface area contributed by atoms with Crippen molar-refractivity contribution in [3.8, 4) is 22.2 Å². The van der Waals surface area contributed by atoms with E-state index >= 15 is 0 Å². The summed E-state index contributed by atoms with van der Waals surface area (Å²) in [6.07, 6.45) is 0. The van der Waals surface area contributed by atoms with E-state index < -0.39 is 24.1 Å². The molecule has 0 aliphatic heterocycles. The summed E-state index contributed by atoms with van der Waals surface area (Å²) < 4.78 is 28.8. The van der Waals surface area contributed by atoms with Crippen LogP contribution in [0, 0.1) is 5.82 Å². The number of ether oxygens (including phenoxy) is 1. The summed E-state index contributed by atoms with van der Waals surface area (Å²) in [6, 6.07) is 8.91. The first-order valence-electron chi connectivity index (χ1n) is 7.94. The molecule has 0 spiro atoms. The number of aromatic nitrogens is 4. The summed E-state index contributed by atoms with van der Waals surface area (Å²) in [5.41, 5.74) is 0.401. The van der Waals surface area contributed by atoms with Gasteiger partial charge in [-0.2, -0.15) is 9.67 Å². The number of thiophene rings is 1. The van der Waals surface area contributed by atoms with Crippen molar-refractivity contribution in [1.82, 2.24) is 19.9 Å². The van der Waals surface area contributed by atoms with Gasteiger partial charge >= 0.3 is 11.7 Å². The summed E-state index contributed by atoms with van der Waals surface area (Å²) in [4.78, 5) is 28.7. The molecular weight excluding hydrogens is 391 g/mol. The lowest BCUT2D eigenvalue weighted by Crippen LogP contribution is -2.23. The highest BCUT2D eigenvalue weighted by Crippen LogP contribution is 2.21. The Balaban J connectivity index is 1.38. The van der Waals surface area contributed by atoms with Crippen molar-refractivity contribution in [3.63, 3.8) is 0 Å². The predicted molar refractivity (Wildman–Crippen MR) is 93.6 cm³/mol. The Morgan fingerprint density at radius 2 is 2.07 bits per heavy atom. The summed E-state index contributed by atoms with van der Waals surface area (Å²) in [7, 11) is 0. The van der Waals surface area contributed by atoms with Gasteiger partial charge in [0.2, 0.25) is 11.7 Å². The molecule has 142 valence electrons. The van der Waals surface area contributed by atoms with Gasteiger partial charge in [0.05, 0.1) is 4.88 Å². The van der Waals surface area contributed by atoms with Crippen molar-refractivity contribution in [2.24, 2.45) is 0 Å². The molecule has 0 N–H and O–H groups in total. The first-order valence-corrected chi connectivity index (χ1v) is 8.82. The number of rotatable bonds is 6. The molecule has 4 rings (SSSR count). The molecule has 1 aromatic carbocycles. The number of nitrogens with zero attached hydrogens (tertiary/aromatic N) is 4. The third kappa shape index (κ3) is 3.88. The first-order chi connectivity index (χ1) is 13.6. The van der Waals surface area contributed by atoms with Crippen LogP contribution in [-0.2, 0) is 22.7 Å². The van der Waals surface area contributed by atoms with Gasteiger partial charge in [-0.1, -0.05) is 11.2 Å². The van der Waals surface area contributed by atoms with E-state index in [-0.39, 0.29) is 18.4 Å². The van der Waals surface area contributed by atoms with E-state index in [1.807, 2.05) is 17.5 Å². The maximum atomic E-state index is 13.0. The molecule has 0 bridgehead atoms. The quantitative estimate of drug-likeness (QED) is 0.452. The fraction of sp³-hybridized carbons (Fsp3) is 0.118. The Kier molecular flexibility index (Phi) is 4.81. The standard InChI is InChI=1S/C17H11FN4O5S/c18-11-5-3-10(4-6-11)16-20-22(17(24)26-16)8-14(23)25-9-13-19-15(21-27-13)12-2-1-7-28-12/h1-7H,8-9H2. The van der Waals surface area contributed by atoms with Crippen LogP contribution in [0.3, 0.4) is 0 Å². The molecule has 0 unspecified atom stereocenters. The van der Waals surface area contributed by atoms with Gasteiger partial charge in [-0.25, -0.2) is 9.18 Å². The van der Waals surface area contributed by atoms with E-state index in [1.165, 1.54) is 35.6 Å². The van der Waals surface area contributed by atoms with Gasteiger partial charge in [0.1, 0.15) is 12.4 Å². The maximum Gasteiger partial charge on any atom is 0.437 e. The zero-order chi connectivity index (χ0) is 19.5. The second kappa shape index (κ2) is 7.56. The molecule has 11 heteroatoms. The number of carbonyl (C=O) groups excluding carboxylic acids is 1. The number of hydrogen-bond acceptors (Lipinski definition) is 9. The van der Waals surface area contributed by atoms with Crippen LogP contribution in [-0.4, -0.2) is 25.9 Å². The summed E-state index contributed by atoms with van der Waals surface area (Å²) in [5, 5.41) is 9.58.